The zero-order valence-corrected chi connectivity index (χ0v) is 43.7. The summed E-state index contributed by atoms with van der Waals surface area (Å²) in [6, 6.07) is 71.4. The Morgan fingerprint density at radius 1 is 0.365 bits per heavy atom. The average molecular weight is 957 g/mol. The number of rotatable bonds is 5. The molecule has 2 aliphatic heterocycles. The number of aryl methyl sites for hydroxylation is 2. The Kier molecular flexibility index (Phi) is 9.64. The van der Waals surface area contributed by atoms with Crippen LogP contribution < -0.4 is 9.80 Å². The van der Waals surface area contributed by atoms with Crippen LogP contribution >= 0.6 is 0 Å². The first-order valence-electron chi connectivity index (χ1n) is 26.5. The van der Waals surface area contributed by atoms with Gasteiger partial charge in [-0.05, 0) is 176 Å². The smallest absolute Gasteiger partial charge is 0.0542 e. The van der Waals surface area contributed by atoms with Crippen LogP contribution in [-0.4, -0.2) is 9.13 Å². The Hall–Kier alpha value is -8.34. The molecule has 4 heteroatoms. The molecule has 2 aromatic heterocycles. The molecule has 0 N–H and O–H groups in total. The SMILES string of the molecule is CC1=CC(C)=C(n2c3ccccc3c3cc(N4c5ccccc5C(C)(C)c5cc(-c6ccc7c(c6)C(C)(C)c6ccccc6N7c6ccc7c(c6)c6ccccc6n7-c6ccc(C)cc6C)ccc54)ccc32)CC1. The van der Waals surface area contributed by atoms with E-state index in [1.165, 1.54) is 139 Å². The number of allylic oxidation sites excluding steroid dienone is 4. The summed E-state index contributed by atoms with van der Waals surface area (Å²) < 4.78 is 4.98. The largest absolute Gasteiger partial charge is 0.313 e. The van der Waals surface area contributed by atoms with Crippen molar-refractivity contribution in [3.8, 4) is 16.8 Å². The Labute approximate surface area is 434 Å². The molecule has 0 atom stereocenters. The zero-order chi connectivity index (χ0) is 50.4. The normalized spacial score (nSPS) is 15.6. The van der Waals surface area contributed by atoms with E-state index in [1.54, 1.807) is 0 Å². The molecule has 0 amide bonds. The standard InChI is InChI=1S/C70H60N4/c1-43-25-31-59(45(3)37-43)73-61-21-13-9-17-51(61)53-41-49(29-35-63(53)73)71-65-23-15-11-19-55(65)69(5,6)57-39-47(27-33-67(57)71)48-28-34-68-58(40-48)70(7,8)56-20-12-16-24-66(56)72(68)50-30-36-64-54(42-50)52-18-10-14-22-62(52)74(64)60-32-26-44(2)38-46(60)4/h9-25,27-31,33-42H,26,32H2,1-8H3. The maximum atomic E-state index is 2.53. The molecule has 0 radical (unpaired) electrons. The van der Waals surface area contributed by atoms with Crippen molar-refractivity contribution in [3.63, 3.8) is 0 Å². The second-order valence-electron chi connectivity index (χ2n) is 22.4. The third-order valence-corrected chi connectivity index (χ3v) is 17.2. The van der Waals surface area contributed by atoms with Gasteiger partial charge in [-0.3, -0.25) is 0 Å². The van der Waals surface area contributed by atoms with Gasteiger partial charge in [-0.2, -0.15) is 0 Å². The summed E-state index contributed by atoms with van der Waals surface area (Å²) in [6.45, 7) is 18.5. The molecule has 4 nitrogen and oxygen atoms in total. The topological polar surface area (TPSA) is 16.3 Å². The second-order valence-corrected chi connectivity index (χ2v) is 22.4. The number of aromatic nitrogens is 2. The Morgan fingerprint density at radius 2 is 0.824 bits per heavy atom. The number of hydrogen-bond donors (Lipinski definition) is 0. The van der Waals surface area contributed by atoms with Gasteiger partial charge in [-0.25, -0.2) is 0 Å². The van der Waals surface area contributed by atoms with Crippen LogP contribution in [0.2, 0.25) is 0 Å². The van der Waals surface area contributed by atoms with Crippen LogP contribution in [0.1, 0.15) is 87.8 Å². The molecular weight excluding hydrogens is 897 g/mol. The lowest BCUT2D eigenvalue weighted by atomic mass is 9.71. The van der Waals surface area contributed by atoms with Gasteiger partial charge in [0.05, 0.1) is 44.8 Å². The Morgan fingerprint density at radius 3 is 1.36 bits per heavy atom. The van der Waals surface area contributed by atoms with Gasteiger partial charge in [-0.15, -0.1) is 0 Å². The van der Waals surface area contributed by atoms with E-state index in [9.17, 15) is 0 Å². The number of benzene rings is 9. The van der Waals surface area contributed by atoms with E-state index in [4.69, 9.17) is 0 Å². The number of para-hydroxylation sites is 4. The summed E-state index contributed by atoms with van der Waals surface area (Å²) >= 11 is 0. The van der Waals surface area contributed by atoms with Gasteiger partial charge < -0.3 is 18.9 Å². The van der Waals surface area contributed by atoms with E-state index in [0.29, 0.717) is 0 Å². The third kappa shape index (κ3) is 6.40. The summed E-state index contributed by atoms with van der Waals surface area (Å²) in [6.07, 6.45) is 4.51. The lowest BCUT2D eigenvalue weighted by molar-refractivity contribution is 0.631. The number of anilines is 6. The molecule has 0 spiro atoms. The van der Waals surface area contributed by atoms with Crippen LogP contribution in [0.15, 0.2) is 205 Å². The highest BCUT2D eigenvalue weighted by Crippen LogP contribution is 2.56. The summed E-state index contributed by atoms with van der Waals surface area (Å²) in [4.78, 5) is 5.02. The fourth-order valence-corrected chi connectivity index (χ4v) is 13.5. The van der Waals surface area contributed by atoms with Crippen molar-refractivity contribution < 1.29 is 0 Å². The summed E-state index contributed by atoms with van der Waals surface area (Å²) in [5, 5.41) is 5.07. The molecular formula is C70H60N4. The van der Waals surface area contributed by atoms with Gasteiger partial charge in [0.2, 0.25) is 0 Å². The molecule has 0 saturated heterocycles. The van der Waals surface area contributed by atoms with Crippen LogP contribution in [0.4, 0.5) is 34.1 Å². The maximum absolute atomic E-state index is 2.53. The first-order valence-corrected chi connectivity index (χ1v) is 26.5. The minimum absolute atomic E-state index is 0.252. The van der Waals surface area contributed by atoms with E-state index in [-0.39, 0.29) is 10.8 Å². The highest BCUT2D eigenvalue weighted by atomic mass is 15.2. The van der Waals surface area contributed by atoms with Crippen molar-refractivity contribution in [3.05, 3.63) is 239 Å². The molecule has 3 aliphatic rings. The van der Waals surface area contributed by atoms with Crippen molar-refractivity contribution >= 4 is 83.4 Å². The van der Waals surface area contributed by atoms with Crippen molar-refractivity contribution in [2.75, 3.05) is 9.80 Å². The molecule has 11 aromatic rings. The van der Waals surface area contributed by atoms with Gasteiger partial charge in [0.15, 0.2) is 0 Å². The van der Waals surface area contributed by atoms with E-state index < -0.39 is 0 Å². The van der Waals surface area contributed by atoms with Crippen LogP contribution in [0.25, 0.3) is 66.1 Å². The molecule has 74 heavy (non-hydrogen) atoms. The van der Waals surface area contributed by atoms with E-state index in [0.717, 1.165) is 18.5 Å². The molecule has 0 unspecified atom stereocenters. The maximum Gasteiger partial charge on any atom is 0.0542 e. The Balaban J connectivity index is 0.902. The summed E-state index contributed by atoms with van der Waals surface area (Å²) in [7, 11) is 0. The van der Waals surface area contributed by atoms with Crippen molar-refractivity contribution in [1.29, 1.82) is 0 Å². The Bertz CT molecular complexity index is 4260. The number of hydrogen-bond acceptors (Lipinski definition) is 2. The van der Waals surface area contributed by atoms with Gasteiger partial charge in [0.25, 0.3) is 0 Å². The lowest BCUT2D eigenvalue weighted by Gasteiger charge is -2.43. The van der Waals surface area contributed by atoms with E-state index in [1.807, 2.05) is 0 Å². The predicted octanol–water partition coefficient (Wildman–Crippen LogP) is 19.4. The van der Waals surface area contributed by atoms with Gasteiger partial charge in [0.1, 0.15) is 0 Å². The average Bonchev–Trinajstić information content (AvgIpc) is 3.94. The lowest BCUT2D eigenvalue weighted by Crippen LogP contribution is -2.31. The summed E-state index contributed by atoms with van der Waals surface area (Å²) in [5.41, 5.74) is 27.4. The highest BCUT2D eigenvalue weighted by molar-refractivity contribution is 6.13. The third-order valence-electron chi connectivity index (χ3n) is 17.2. The first-order chi connectivity index (χ1) is 35.9. The molecule has 360 valence electrons. The van der Waals surface area contributed by atoms with Crippen LogP contribution in [0, 0.1) is 13.8 Å². The minimum atomic E-state index is -0.256. The van der Waals surface area contributed by atoms with Crippen LogP contribution in [0.3, 0.4) is 0 Å². The van der Waals surface area contributed by atoms with Gasteiger partial charge in [-0.1, -0.05) is 142 Å². The molecule has 0 fully saturated rings. The molecule has 9 aromatic carbocycles. The fraction of sp³-hybridized carbons (Fsp3) is 0.171. The molecule has 14 rings (SSSR count). The highest BCUT2D eigenvalue weighted by Gasteiger charge is 2.39. The molecule has 0 saturated carbocycles. The molecule has 4 heterocycles. The van der Waals surface area contributed by atoms with Crippen molar-refractivity contribution in [1.82, 2.24) is 9.13 Å². The number of fused-ring (bicyclic) bond motifs is 10. The quantitative estimate of drug-likeness (QED) is 0.171. The van der Waals surface area contributed by atoms with E-state index >= 15 is 0 Å². The number of nitrogens with zero attached hydrogens (tertiary/aromatic N) is 4. The van der Waals surface area contributed by atoms with E-state index in [2.05, 4.69) is 268 Å². The van der Waals surface area contributed by atoms with Gasteiger partial charge in [0, 0.05) is 55.1 Å². The molecule has 0 bridgehead atoms. The first kappa shape index (κ1) is 44.4. The van der Waals surface area contributed by atoms with Gasteiger partial charge >= 0.3 is 0 Å². The summed E-state index contributed by atoms with van der Waals surface area (Å²) in [5.74, 6) is 0. The zero-order valence-electron chi connectivity index (χ0n) is 43.7. The van der Waals surface area contributed by atoms with Crippen molar-refractivity contribution in [2.24, 2.45) is 0 Å². The predicted molar refractivity (Wildman–Crippen MR) is 314 cm³/mol. The van der Waals surface area contributed by atoms with Crippen molar-refractivity contribution in [2.45, 2.75) is 79.1 Å². The van der Waals surface area contributed by atoms with Crippen LogP contribution in [-0.2, 0) is 10.8 Å². The monoisotopic (exact) mass is 956 g/mol. The second kappa shape index (κ2) is 16.1. The minimum Gasteiger partial charge on any atom is -0.313 e. The van der Waals surface area contributed by atoms with Crippen LogP contribution in [0.5, 0.6) is 0 Å². The molecule has 1 aliphatic carbocycles. The fourth-order valence-electron chi connectivity index (χ4n) is 13.5.